The summed E-state index contributed by atoms with van der Waals surface area (Å²) in [4.78, 5) is 36.5. The molecule has 1 fully saturated rings. The molecule has 0 unspecified atom stereocenters. The number of aryl methyl sites for hydroxylation is 2. The molecule has 1 aromatic carbocycles. The Balaban J connectivity index is 0.909. The summed E-state index contributed by atoms with van der Waals surface area (Å²) in [5, 5.41) is 7.72. The number of carbonyl (C=O) groups excluding carboxylic acids is 2. The van der Waals surface area contributed by atoms with Gasteiger partial charge in [-0.1, -0.05) is 5.16 Å². The summed E-state index contributed by atoms with van der Waals surface area (Å²) in [7, 11) is 3.37. The maximum atomic E-state index is 13.1. The first-order chi connectivity index (χ1) is 31.4. The van der Waals surface area contributed by atoms with Crippen LogP contribution < -0.4 is 10.1 Å². The number of nitrogens with zero attached hydrogens (tertiary/aromatic N) is 5. The lowest BCUT2D eigenvalue weighted by Crippen LogP contribution is -2.40. The second-order valence-corrected chi connectivity index (χ2v) is 16.7. The third-order valence-corrected chi connectivity index (χ3v) is 10.6. The summed E-state index contributed by atoms with van der Waals surface area (Å²) >= 11 is 0. The molecule has 362 valence electrons. The molecule has 0 saturated carbocycles. The Labute approximate surface area is 381 Å². The fraction of sp³-hybridized carbons (Fsp3) is 0.674. The molecule has 1 atom stereocenters. The Morgan fingerprint density at radius 3 is 1.91 bits per heavy atom. The van der Waals surface area contributed by atoms with Gasteiger partial charge >= 0.3 is 6.09 Å². The van der Waals surface area contributed by atoms with E-state index in [0.717, 1.165) is 57.4 Å². The highest BCUT2D eigenvalue weighted by Gasteiger charge is 2.30. The van der Waals surface area contributed by atoms with Gasteiger partial charge in [0.1, 0.15) is 35.1 Å². The molecule has 1 aliphatic rings. The Bertz CT molecular complexity index is 2040. The van der Waals surface area contributed by atoms with Crippen molar-refractivity contribution in [2.45, 2.75) is 71.9 Å². The molecule has 5 rings (SSSR count). The number of hydrogen-bond donors (Lipinski definition) is 1. The number of pyridine rings is 1. The van der Waals surface area contributed by atoms with E-state index in [0.29, 0.717) is 124 Å². The molecule has 1 saturated heterocycles. The van der Waals surface area contributed by atoms with Crippen LogP contribution in [0, 0.1) is 13.8 Å². The number of fused-ring (bicyclic) bond motifs is 3. The van der Waals surface area contributed by atoms with Crippen LogP contribution in [0.4, 0.5) is 4.79 Å². The number of aromatic nitrogens is 4. The van der Waals surface area contributed by atoms with Gasteiger partial charge in [-0.05, 0) is 66.5 Å². The number of carbonyl (C=O) groups is 2. The van der Waals surface area contributed by atoms with Crippen molar-refractivity contribution in [2.24, 2.45) is 0 Å². The molecule has 65 heavy (non-hydrogen) atoms. The molecule has 3 aromatic heterocycles. The van der Waals surface area contributed by atoms with E-state index in [1.165, 1.54) is 0 Å². The van der Waals surface area contributed by atoms with Gasteiger partial charge in [-0.2, -0.15) is 0 Å². The van der Waals surface area contributed by atoms with Gasteiger partial charge < -0.3 is 66.7 Å². The first-order valence-corrected chi connectivity index (χ1v) is 22.5. The molecular formula is C46H70N6O13. The highest BCUT2D eigenvalue weighted by atomic mass is 16.6. The van der Waals surface area contributed by atoms with E-state index in [-0.39, 0.29) is 24.5 Å². The van der Waals surface area contributed by atoms with Crippen LogP contribution in [0.25, 0.3) is 33.1 Å². The maximum Gasteiger partial charge on any atom is 0.407 e. The number of amides is 2. The number of piperidine rings is 1. The third kappa shape index (κ3) is 15.8. The molecule has 4 heterocycles. The number of ether oxygens (including phenoxy) is 10. The van der Waals surface area contributed by atoms with E-state index in [1.807, 2.05) is 57.8 Å². The Morgan fingerprint density at radius 2 is 1.38 bits per heavy atom. The van der Waals surface area contributed by atoms with Crippen molar-refractivity contribution in [1.29, 1.82) is 0 Å². The topological polar surface area (TPSA) is 198 Å². The fourth-order valence-electron chi connectivity index (χ4n) is 7.60. The molecule has 19 nitrogen and oxygen atoms in total. The second-order valence-electron chi connectivity index (χ2n) is 16.7. The molecule has 2 amide bonds. The van der Waals surface area contributed by atoms with Crippen LogP contribution in [-0.4, -0.2) is 175 Å². The average Bonchev–Trinajstić information content (AvgIpc) is 3.84. The van der Waals surface area contributed by atoms with Crippen LogP contribution in [0.5, 0.6) is 5.75 Å². The Hall–Kier alpha value is -4.47. The van der Waals surface area contributed by atoms with Gasteiger partial charge in [-0.25, -0.2) is 9.78 Å². The van der Waals surface area contributed by atoms with Crippen LogP contribution in [-0.2, 0) is 47.4 Å². The largest absolute Gasteiger partial charge is 0.496 e. The smallest absolute Gasteiger partial charge is 0.407 e. The predicted molar refractivity (Wildman–Crippen MR) is 242 cm³/mol. The third-order valence-electron chi connectivity index (χ3n) is 10.6. The summed E-state index contributed by atoms with van der Waals surface area (Å²) in [6.07, 6.45) is 2.92. The van der Waals surface area contributed by atoms with E-state index >= 15 is 0 Å². The quantitative estimate of drug-likeness (QED) is 0.0677. The molecule has 4 aromatic rings. The number of alkyl carbamates (subject to hydrolysis) is 1. The predicted octanol–water partition coefficient (Wildman–Crippen LogP) is 5.42. The maximum absolute atomic E-state index is 13.1. The Kier molecular flexibility index (Phi) is 21.1. The normalized spacial score (nSPS) is 14.1. The highest BCUT2D eigenvalue weighted by Crippen LogP contribution is 2.41. The molecule has 0 radical (unpaired) electrons. The first kappa shape index (κ1) is 51.5. The second kappa shape index (κ2) is 26.6. The minimum atomic E-state index is -0.525. The van der Waals surface area contributed by atoms with Crippen LogP contribution in [0.1, 0.15) is 69.8 Å². The van der Waals surface area contributed by atoms with Crippen molar-refractivity contribution in [3.63, 3.8) is 0 Å². The van der Waals surface area contributed by atoms with E-state index < -0.39 is 11.7 Å². The first-order valence-electron chi connectivity index (χ1n) is 22.5. The molecule has 19 heteroatoms. The van der Waals surface area contributed by atoms with Crippen LogP contribution >= 0.6 is 0 Å². The summed E-state index contributed by atoms with van der Waals surface area (Å²) in [6.45, 7) is 19.0. The zero-order chi connectivity index (χ0) is 46.6. The molecule has 1 N–H and O–H groups in total. The van der Waals surface area contributed by atoms with Crippen molar-refractivity contribution in [1.82, 2.24) is 29.9 Å². The van der Waals surface area contributed by atoms with E-state index in [9.17, 15) is 9.59 Å². The number of likely N-dealkylation sites (tertiary alicyclic amines) is 1. The van der Waals surface area contributed by atoms with Gasteiger partial charge in [0.2, 0.25) is 5.91 Å². The van der Waals surface area contributed by atoms with Crippen LogP contribution in [0.3, 0.4) is 0 Å². The fourth-order valence-corrected chi connectivity index (χ4v) is 7.60. The van der Waals surface area contributed by atoms with Crippen molar-refractivity contribution in [3.05, 3.63) is 35.6 Å². The summed E-state index contributed by atoms with van der Waals surface area (Å²) in [6, 6.07) is 4.06. The SMILES string of the molecule is COC[C@@H](C)n1c(C2CCN(C(=O)COCCOCCOCCOCCOCCOCCOCCNC(=O)OC(C)(C)C)CC2)nc2cnc3cc(-c4c(C)noc4C)c(OC)cc3c21. The van der Waals surface area contributed by atoms with Crippen molar-refractivity contribution < 1.29 is 61.5 Å². The average molecular weight is 915 g/mol. The van der Waals surface area contributed by atoms with Gasteiger partial charge in [-0.3, -0.25) is 9.78 Å². The van der Waals surface area contributed by atoms with E-state index in [1.54, 1.807) is 14.2 Å². The molecule has 0 aliphatic carbocycles. The van der Waals surface area contributed by atoms with E-state index in [2.05, 4.69) is 22.0 Å². The molecule has 0 bridgehead atoms. The Morgan fingerprint density at radius 1 is 0.815 bits per heavy atom. The molecule has 1 aliphatic heterocycles. The number of methoxy groups -OCH3 is 2. The zero-order valence-electron chi connectivity index (χ0n) is 39.6. The van der Waals surface area contributed by atoms with E-state index in [4.69, 9.17) is 61.9 Å². The number of hydrogen-bond acceptors (Lipinski definition) is 16. The van der Waals surface area contributed by atoms with Crippen LogP contribution in [0.2, 0.25) is 0 Å². The van der Waals surface area contributed by atoms with Gasteiger partial charge in [0.15, 0.2) is 0 Å². The lowest BCUT2D eigenvalue weighted by Gasteiger charge is -2.32. The minimum Gasteiger partial charge on any atom is -0.496 e. The minimum absolute atomic E-state index is 0.00211. The van der Waals surface area contributed by atoms with Crippen molar-refractivity contribution >= 4 is 33.9 Å². The lowest BCUT2D eigenvalue weighted by atomic mass is 9.95. The standard InChI is InChI=1S/C46H70N6O13/c1-32(30-55-7)52-43-36-28-40(56-8)37(42-33(2)50-65-34(42)3)27-38(36)48-29-39(43)49-44(52)35-9-12-51(13-10-35)41(53)31-63-26-25-62-24-23-61-22-21-60-20-19-59-18-17-58-16-15-57-14-11-47-45(54)64-46(4,5)6/h27-29,32,35H,9-26,30-31H2,1-8H3,(H,47,54)/t32-/m1/s1. The summed E-state index contributed by atoms with van der Waals surface area (Å²) in [5.41, 5.74) is 4.63. The van der Waals surface area contributed by atoms with Gasteiger partial charge in [0, 0.05) is 43.6 Å². The summed E-state index contributed by atoms with van der Waals surface area (Å²) < 4.78 is 63.2. The molecule has 0 spiro atoms. The highest BCUT2D eigenvalue weighted by molar-refractivity contribution is 6.05. The number of nitrogens with one attached hydrogen (secondary N) is 1. The zero-order valence-corrected chi connectivity index (χ0v) is 39.6. The van der Waals surface area contributed by atoms with Gasteiger partial charge in [0.05, 0.1) is 134 Å². The molecular weight excluding hydrogens is 845 g/mol. The van der Waals surface area contributed by atoms with Gasteiger partial charge in [-0.15, -0.1) is 0 Å². The van der Waals surface area contributed by atoms with Crippen molar-refractivity contribution in [2.75, 3.05) is 133 Å². The lowest BCUT2D eigenvalue weighted by molar-refractivity contribution is -0.137. The number of rotatable bonds is 29. The van der Waals surface area contributed by atoms with Crippen molar-refractivity contribution in [3.8, 4) is 16.9 Å². The monoisotopic (exact) mass is 915 g/mol. The van der Waals surface area contributed by atoms with Gasteiger partial charge in [0.25, 0.3) is 0 Å². The summed E-state index contributed by atoms with van der Waals surface area (Å²) in [5.74, 6) is 2.49. The number of benzene rings is 1. The number of imidazole rings is 1. The van der Waals surface area contributed by atoms with Crippen LogP contribution in [0.15, 0.2) is 22.9 Å².